The van der Waals surface area contributed by atoms with Crippen molar-refractivity contribution in [2.45, 2.75) is 50.2 Å². The van der Waals surface area contributed by atoms with Crippen LogP contribution in [0, 0.1) is 5.82 Å². The standard InChI is InChI=1S/C18H19F4N3O3/c19-13-5-4-11(10-12(13)18(20,21)22)23-14(26)6-9-25-15(27)17(24-16(25)28)7-2-1-3-8-17/h4-5,10H,1-3,6-9H2,(H,23,26)(H,24,28). The quantitative estimate of drug-likeness (QED) is 0.599. The third kappa shape index (κ3) is 3.95. The number of urea groups is 1. The number of carbonyl (C=O) groups excluding carboxylic acids is 3. The van der Waals surface area contributed by atoms with Crippen molar-refractivity contribution in [3.63, 3.8) is 0 Å². The number of rotatable bonds is 4. The van der Waals surface area contributed by atoms with Crippen molar-refractivity contribution in [2.24, 2.45) is 0 Å². The van der Waals surface area contributed by atoms with Crippen LogP contribution >= 0.6 is 0 Å². The summed E-state index contributed by atoms with van der Waals surface area (Å²) in [5.41, 5.74) is -2.61. The summed E-state index contributed by atoms with van der Waals surface area (Å²) in [6.45, 7) is -0.189. The van der Waals surface area contributed by atoms with E-state index in [0.717, 1.165) is 30.2 Å². The van der Waals surface area contributed by atoms with Crippen LogP contribution < -0.4 is 10.6 Å². The molecule has 1 saturated carbocycles. The van der Waals surface area contributed by atoms with Crippen molar-refractivity contribution in [2.75, 3.05) is 11.9 Å². The predicted octanol–water partition coefficient (Wildman–Crippen LogP) is 3.43. The van der Waals surface area contributed by atoms with Crippen molar-refractivity contribution in [3.8, 4) is 0 Å². The zero-order valence-electron chi connectivity index (χ0n) is 14.9. The molecule has 1 aliphatic heterocycles. The molecule has 1 spiro atoms. The molecule has 0 aromatic heterocycles. The van der Waals surface area contributed by atoms with Crippen LogP contribution in [0.2, 0.25) is 0 Å². The molecule has 0 atom stereocenters. The molecular weight excluding hydrogens is 382 g/mol. The van der Waals surface area contributed by atoms with Gasteiger partial charge in [0, 0.05) is 18.7 Å². The predicted molar refractivity (Wildman–Crippen MR) is 90.7 cm³/mol. The highest BCUT2D eigenvalue weighted by Crippen LogP contribution is 2.34. The van der Waals surface area contributed by atoms with Crippen LogP contribution in [0.3, 0.4) is 0 Å². The summed E-state index contributed by atoms with van der Waals surface area (Å²) in [5.74, 6) is -2.50. The van der Waals surface area contributed by atoms with Gasteiger partial charge in [-0.15, -0.1) is 0 Å². The third-order valence-electron chi connectivity index (χ3n) is 5.07. The molecule has 1 aromatic rings. The van der Waals surface area contributed by atoms with Gasteiger partial charge in [0.1, 0.15) is 11.4 Å². The summed E-state index contributed by atoms with van der Waals surface area (Å²) in [6, 6.07) is 1.55. The molecule has 152 valence electrons. The van der Waals surface area contributed by atoms with Gasteiger partial charge in [-0.1, -0.05) is 19.3 Å². The number of halogens is 4. The fourth-order valence-corrected chi connectivity index (χ4v) is 3.63. The lowest BCUT2D eigenvalue weighted by atomic mass is 9.82. The highest BCUT2D eigenvalue weighted by atomic mass is 19.4. The average molecular weight is 401 g/mol. The van der Waals surface area contributed by atoms with Gasteiger partial charge in [0.15, 0.2) is 0 Å². The Morgan fingerprint density at radius 1 is 1.18 bits per heavy atom. The van der Waals surface area contributed by atoms with E-state index in [1.807, 2.05) is 0 Å². The van der Waals surface area contributed by atoms with E-state index in [-0.39, 0.29) is 24.6 Å². The first-order valence-corrected chi connectivity index (χ1v) is 8.93. The fraction of sp³-hybridized carbons (Fsp3) is 0.500. The van der Waals surface area contributed by atoms with Crippen LogP contribution in [-0.4, -0.2) is 34.8 Å². The van der Waals surface area contributed by atoms with Crippen LogP contribution in [0.25, 0.3) is 0 Å². The topological polar surface area (TPSA) is 78.5 Å². The van der Waals surface area contributed by atoms with Crippen molar-refractivity contribution in [3.05, 3.63) is 29.6 Å². The van der Waals surface area contributed by atoms with E-state index in [9.17, 15) is 31.9 Å². The molecule has 2 N–H and O–H groups in total. The van der Waals surface area contributed by atoms with E-state index < -0.39 is 35.0 Å². The first-order chi connectivity index (χ1) is 13.1. The van der Waals surface area contributed by atoms with Gasteiger partial charge in [-0.2, -0.15) is 13.2 Å². The maximum absolute atomic E-state index is 13.3. The van der Waals surface area contributed by atoms with Gasteiger partial charge in [0.05, 0.1) is 5.56 Å². The number of amides is 4. The molecule has 1 heterocycles. The average Bonchev–Trinajstić information content (AvgIpc) is 2.84. The van der Waals surface area contributed by atoms with Crippen LogP contribution in [0.5, 0.6) is 0 Å². The van der Waals surface area contributed by atoms with E-state index in [4.69, 9.17) is 0 Å². The van der Waals surface area contributed by atoms with Crippen LogP contribution in [0.4, 0.5) is 28.0 Å². The van der Waals surface area contributed by atoms with E-state index >= 15 is 0 Å². The Labute approximate surface area is 158 Å². The normalized spacial score (nSPS) is 19.1. The second-order valence-corrected chi connectivity index (χ2v) is 7.02. The number of imide groups is 1. The second kappa shape index (κ2) is 7.40. The van der Waals surface area contributed by atoms with E-state index in [0.29, 0.717) is 25.0 Å². The molecule has 28 heavy (non-hydrogen) atoms. The van der Waals surface area contributed by atoms with Gasteiger partial charge in [-0.3, -0.25) is 14.5 Å². The summed E-state index contributed by atoms with van der Waals surface area (Å²) in [4.78, 5) is 37.7. The number of benzene rings is 1. The minimum Gasteiger partial charge on any atom is -0.326 e. The van der Waals surface area contributed by atoms with Gasteiger partial charge in [0.25, 0.3) is 5.91 Å². The Bertz CT molecular complexity index is 804. The lowest BCUT2D eigenvalue weighted by Crippen LogP contribution is -2.48. The highest BCUT2D eigenvalue weighted by Gasteiger charge is 2.51. The Hall–Kier alpha value is -2.65. The molecule has 2 fully saturated rings. The smallest absolute Gasteiger partial charge is 0.326 e. The molecule has 6 nitrogen and oxygen atoms in total. The first kappa shape index (κ1) is 20.1. The van der Waals surface area contributed by atoms with E-state index in [1.54, 1.807) is 0 Å². The minimum atomic E-state index is -4.89. The summed E-state index contributed by atoms with van der Waals surface area (Å²) >= 11 is 0. The van der Waals surface area contributed by atoms with Crippen molar-refractivity contribution < 1.29 is 31.9 Å². The first-order valence-electron chi connectivity index (χ1n) is 8.93. The molecule has 3 rings (SSSR count). The van der Waals surface area contributed by atoms with Crippen LogP contribution in [-0.2, 0) is 15.8 Å². The largest absolute Gasteiger partial charge is 0.419 e. The fourth-order valence-electron chi connectivity index (χ4n) is 3.63. The highest BCUT2D eigenvalue weighted by molar-refractivity contribution is 6.07. The molecule has 0 unspecified atom stereocenters. The van der Waals surface area contributed by atoms with Crippen LogP contribution in [0.1, 0.15) is 44.1 Å². The van der Waals surface area contributed by atoms with Crippen LogP contribution in [0.15, 0.2) is 18.2 Å². The number of nitrogens with one attached hydrogen (secondary N) is 2. The Kier molecular flexibility index (Phi) is 5.31. The molecule has 10 heteroatoms. The molecule has 2 aliphatic rings. The Morgan fingerprint density at radius 3 is 2.50 bits per heavy atom. The summed E-state index contributed by atoms with van der Waals surface area (Å²) in [5, 5.41) is 4.94. The van der Waals surface area contributed by atoms with E-state index in [1.165, 1.54) is 0 Å². The van der Waals surface area contributed by atoms with Gasteiger partial charge in [0.2, 0.25) is 5.91 Å². The molecule has 1 saturated heterocycles. The van der Waals surface area contributed by atoms with Gasteiger partial charge in [-0.05, 0) is 31.0 Å². The second-order valence-electron chi connectivity index (χ2n) is 7.02. The summed E-state index contributed by atoms with van der Waals surface area (Å²) < 4.78 is 51.5. The summed E-state index contributed by atoms with van der Waals surface area (Å²) in [7, 11) is 0. The number of hydrogen-bond acceptors (Lipinski definition) is 3. The molecule has 1 aromatic carbocycles. The number of anilines is 1. The molecular formula is C18H19F4N3O3. The zero-order chi connectivity index (χ0) is 20.5. The maximum atomic E-state index is 13.3. The molecule has 1 aliphatic carbocycles. The van der Waals surface area contributed by atoms with Crippen molar-refractivity contribution in [1.29, 1.82) is 0 Å². The number of alkyl halides is 3. The lowest BCUT2D eigenvalue weighted by Gasteiger charge is -2.30. The minimum absolute atomic E-state index is 0.189. The Balaban J connectivity index is 1.60. The van der Waals surface area contributed by atoms with Gasteiger partial charge in [-0.25, -0.2) is 9.18 Å². The number of carbonyl (C=O) groups is 3. The van der Waals surface area contributed by atoms with Crippen molar-refractivity contribution in [1.82, 2.24) is 10.2 Å². The molecule has 4 amide bonds. The molecule has 0 bridgehead atoms. The SMILES string of the molecule is O=C(CCN1C(=O)NC2(CCCCC2)C1=O)Nc1ccc(F)c(C(F)(F)F)c1. The third-order valence-corrected chi connectivity index (χ3v) is 5.07. The zero-order valence-corrected chi connectivity index (χ0v) is 14.9. The van der Waals surface area contributed by atoms with Gasteiger partial charge >= 0.3 is 12.2 Å². The Morgan fingerprint density at radius 2 is 1.86 bits per heavy atom. The summed E-state index contributed by atoms with van der Waals surface area (Å²) in [6.07, 6.45) is -1.43. The monoisotopic (exact) mass is 401 g/mol. The van der Waals surface area contributed by atoms with E-state index in [2.05, 4.69) is 10.6 Å². The van der Waals surface area contributed by atoms with Crippen molar-refractivity contribution >= 4 is 23.5 Å². The maximum Gasteiger partial charge on any atom is 0.419 e. The number of hydrogen-bond donors (Lipinski definition) is 2. The van der Waals surface area contributed by atoms with Gasteiger partial charge < -0.3 is 10.6 Å². The molecule has 0 radical (unpaired) electrons. The lowest BCUT2D eigenvalue weighted by molar-refractivity contribution is -0.140. The number of nitrogens with zero attached hydrogens (tertiary/aromatic N) is 1.